The van der Waals surface area contributed by atoms with Gasteiger partial charge in [0, 0.05) is 46.2 Å². The predicted molar refractivity (Wildman–Crippen MR) is 130 cm³/mol. The van der Waals surface area contributed by atoms with Gasteiger partial charge in [-0.05, 0) is 69.9 Å². The van der Waals surface area contributed by atoms with Crippen LogP contribution in [0.2, 0.25) is 0 Å². The summed E-state index contributed by atoms with van der Waals surface area (Å²) >= 11 is 0. The van der Waals surface area contributed by atoms with Gasteiger partial charge in [0.25, 0.3) is 0 Å². The third-order valence-corrected chi connectivity index (χ3v) is 6.08. The zero-order valence-corrected chi connectivity index (χ0v) is 19.4. The Balaban J connectivity index is 1.54. The van der Waals surface area contributed by atoms with E-state index in [4.69, 9.17) is 9.15 Å². The number of benzene rings is 2. The highest BCUT2D eigenvalue weighted by Crippen LogP contribution is 2.38. The van der Waals surface area contributed by atoms with Gasteiger partial charge in [-0.25, -0.2) is 0 Å². The number of aromatic amines is 1. The van der Waals surface area contributed by atoms with E-state index >= 15 is 0 Å². The van der Waals surface area contributed by atoms with E-state index in [1.165, 1.54) is 10.9 Å². The molecule has 32 heavy (non-hydrogen) atoms. The summed E-state index contributed by atoms with van der Waals surface area (Å²) in [5.74, 6) is 1.57. The van der Waals surface area contributed by atoms with Crippen LogP contribution in [0.5, 0.6) is 5.75 Å². The Morgan fingerprint density at radius 3 is 2.72 bits per heavy atom. The fourth-order valence-corrected chi connectivity index (χ4v) is 4.22. The van der Waals surface area contributed by atoms with E-state index in [2.05, 4.69) is 35.4 Å². The minimum Gasteiger partial charge on any atom is -0.493 e. The highest BCUT2D eigenvalue weighted by molar-refractivity contribution is 5.98. The van der Waals surface area contributed by atoms with Crippen molar-refractivity contribution in [3.05, 3.63) is 70.6 Å². The van der Waals surface area contributed by atoms with Gasteiger partial charge in [-0.1, -0.05) is 18.2 Å². The second-order valence-corrected chi connectivity index (χ2v) is 8.20. The van der Waals surface area contributed by atoms with Crippen LogP contribution in [0.15, 0.2) is 47.0 Å². The fourth-order valence-electron chi connectivity index (χ4n) is 4.22. The van der Waals surface area contributed by atoms with E-state index in [0.717, 1.165) is 56.7 Å². The molecular weight excluding hydrogens is 400 g/mol. The van der Waals surface area contributed by atoms with E-state index < -0.39 is 0 Å². The third kappa shape index (κ3) is 4.03. The number of nitrogens with one attached hydrogen (secondary N) is 2. The first-order valence-electron chi connectivity index (χ1n) is 11.1. The SMILES string of the molecule is CCOc1c(/C(C)=C/C(=O)NCCc2c[nH]c3ccccc23)cc2c(C)c(C)oc2c1C. The average Bonchev–Trinajstić information content (AvgIpc) is 3.31. The summed E-state index contributed by atoms with van der Waals surface area (Å²) in [4.78, 5) is 15.9. The molecule has 0 saturated heterocycles. The first-order valence-corrected chi connectivity index (χ1v) is 11.1. The molecule has 0 saturated carbocycles. The van der Waals surface area contributed by atoms with Crippen molar-refractivity contribution in [1.29, 1.82) is 0 Å². The topological polar surface area (TPSA) is 67.3 Å². The van der Waals surface area contributed by atoms with Crippen molar-refractivity contribution < 1.29 is 13.9 Å². The molecular formula is C27H30N2O3. The van der Waals surface area contributed by atoms with Gasteiger partial charge in [0.2, 0.25) is 5.91 Å². The summed E-state index contributed by atoms with van der Waals surface area (Å²) in [5, 5.41) is 5.28. The Morgan fingerprint density at radius 2 is 1.94 bits per heavy atom. The molecule has 1 amide bonds. The predicted octanol–water partition coefficient (Wildman–Crippen LogP) is 6.00. The number of ether oxygens (including phenoxy) is 1. The van der Waals surface area contributed by atoms with Crippen molar-refractivity contribution in [1.82, 2.24) is 10.3 Å². The second-order valence-electron chi connectivity index (χ2n) is 8.20. The second kappa shape index (κ2) is 8.95. The zero-order chi connectivity index (χ0) is 22.8. The van der Waals surface area contributed by atoms with Crippen LogP contribution in [-0.4, -0.2) is 24.0 Å². The first-order chi connectivity index (χ1) is 15.4. The van der Waals surface area contributed by atoms with Crippen molar-refractivity contribution >= 4 is 33.4 Å². The lowest BCUT2D eigenvalue weighted by molar-refractivity contribution is -0.116. The number of hydrogen-bond donors (Lipinski definition) is 2. The molecule has 0 unspecified atom stereocenters. The Kier molecular flexibility index (Phi) is 6.08. The Morgan fingerprint density at radius 1 is 1.16 bits per heavy atom. The normalized spacial score (nSPS) is 12.0. The largest absolute Gasteiger partial charge is 0.493 e. The highest BCUT2D eigenvalue weighted by atomic mass is 16.5. The molecule has 0 bridgehead atoms. The molecule has 0 fully saturated rings. The minimum atomic E-state index is -0.109. The quantitative estimate of drug-likeness (QED) is 0.353. The number of amides is 1. The van der Waals surface area contributed by atoms with Crippen molar-refractivity contribution in [3.63, 3.8) is 0 Å². The molecule has 0 aliphatic rings. The molecule has 5 heteroatoms. The van der Waals surface area contributed by atoms with Crippen LogP contribution < -0.4 is 10.1 Å². The van der Waals surface area contributed by atoms with Crippen molar-refractivity contribution in [3.8, 4) is 5.75 Å². The van der Waals surface area contributed by atoms with E-state index in [9.17, 15) is 4.79 Å². The molecule has 0 spiro atoms. The molecule has 5 nitrogen and oxygen atoms in total. The Labute approximate surface area is 188 Å². The summed E-state index contributed by atoms with van der Waals surface area (Å²) in [6.07, 6.45) is 4.44. The number of para-hydroxylation sites is 1. The minimum absolute atomic E-state index is 0.109. The summed E-state index contributed by atoms with van der Waals surface area (Å²) in [6, 6.07) is 10.3. The lowest BCUT2D eigenvalue weighted by Gasteiger charge is -2.14. The maximum absolute atomic E-state index is 12.7. The summed E-state index contributed by atoms with van der Waals surface area (Å²) in [5.41, 5.74) is 7.03. The van der Waals surface area contributed by atoms with Crippen molar-refractivity contribution in [2.75, 3.05) is 13.2 Å². The molecule has 2 aromatic carbocycles. The lowest BCUT2D eigenvalue weighted by Crippen LogP contribution is -2.23. The van der Waals surface area contributed by atoms with Crippen LogP contribution in [0.1, 0.15) is 41.9 Å². The zero-order valence-electron chi connectivity index (χ0n) is 19.4. The van der Waals surface area contributed by atoms with Crippen molar-refractivity contribution in [2.45, 2.75) is 41.0 Å². The maximum Gasteiger partial charge on any atom is 0.244 e. The molecule has 2 N–H and O–H groups in total. The van der Waals surface area contributed by atoms with E-state index in [0.29, 0.717) is 13.2 Å². The summed E-state index contributed by atoms with van der Waals surface area (Å²) in [7, 11) is 0. The van der Waals surface area contributed by atoms with Gasteiger partial charge < -0.3 is 19.5 Å². The van der Waals surface area contributed by atoms with Gasteiger partial charge in [0.1, 0.15) is 17.1 Å². The molecule has 4 aromatic rings. The Hall–Kier alpha value is -3.47. The molecule has 2 heterocycles. The number of furan rings is 1. The van der Waals surface area contributed by atoms with Gasteiger partial charge in [0.05, 0.1) is 6.61 Å². The smallest absolute Gasteiger partial charge is 0.244 e. The Bertz CT molecular complexity index is 1320. The number of hydrogen-bond acceptors (Lipinski definition) is 3. The molecule has 2 aromatic heterocycles. The highest BCUT2D eigenvalue weighted by Gasteiger charge is 2.18. The van der Waals surface area contributed by atoms with Gasteiger partial charge in [-0.15, -0.1) is 0 Å². The van der Waals surface area contributed by atoms with E-state index in [-0.39, 0.29) is 5.91 Å². The molecule has 0 aliphatic heterocycles. The number of rotatable bonds is 7. The molecule has 0 aliphatic carbocycles. The van der Waals surface area contributed by atoms with E-state index in [1.54, 1.807) is 6.08 Å². The lowest BCUT2D eigenvalue weighted by atomic mass is 9.98. The average molecular weight is 431 g/mol. The standard InChI is InChI=1S/C27H30N2O3/c1-6-31-26-18(4)27-23(17(3)19(5)32-27)14-22(26)16(2)13-25(30)28-12-11-20-15-29-24-10-8-7-9-21(20)24/h7-10,13-15,29H,6,11-12H2,1-5H3,(H,28,30)/b16-13+. The number of carbonyl (C=O) groups is 1. The van der Waals surface area contributed by atoms with Gasteiger partial charge in [-0.2, -0.15) is 0 Å². The van der Waals surface area contributed by atoms with Gasteiger partial charge in [0.15, 0.2) is 0 Å². The summed E-state index contributed by atoms with van der Waals surface area (Å²) in [6.45, 7) is 11.1. The maximum atomic E-state index is 12.7. The molecule has 4 rings (SSSR count). The van der Waals surface area contributed by atoms with Crippen molar-refractivity contribution in [2.24, 2.45) is 0 Å². The molecule has 0 radical (unpaired) electrons. The van der Waals surface area contributed by atoms with Gasteiger partial charge in [-0.3, -0.25) is 4.79 Å². The van der Waals surface area contributed by atoms with Crippen LogP contribution in [0.3, 0.4) is 0 Å². The number of allylic oxidation sites excluding steroid dienone is 1. The first kappa shape index (κ1) is 21.8. The third-order valence-electron chi connectivity index (χ3n) is 6.08. The fraction of sp³-hybridized carbons (Fsp3) is 0.296. The number of fused-ring (bicyclic) bond motifs is 2. The van der Waals surface area contributed by atoms with Crippen LogP contribution in [-0.2, 0) is 11.2 Å². The van der Waals surface area contributed by atoms with Crippen LogP contribution in [0, 0.1) is 20.8 Å². The molecule has 166 valence electrons. The number of aryl methyl sites for hydroxylation is 3. The monoisotopic (exact) mass is 430 g/mol. The number of aromatic nitrogens is 1. The van der Waals surface area contributed by atoms with Crippen LogP contribution in [0.4, 0.5) is 0 Å². The van der Waals surface area contributed by atoms with Gasteiger partial charge >= 0.3 is 0 Å². The number of H-pyrrole nitrogens is 1. The summed E-state index contributed by atoms with van der Waals surface area (Å²) < 4.78 is 11.9. The van der Waals surface area contributed by atoms with Crippen LogP contribution in [0.25, 0.3) is 27.4 Å². The van der Waals surface area contributed by atoms with E-state index in [1.807, 2.05) is 46.0 Å². The van der Waals surface area contributed by atoms with Crippen LogP contribution >= 0.6 is 0 Å². The molecule has 0 atom stereocenters. The number of carbonyl (C=O) groups excluding carboxylic acids is 1.